The lowest BCUT2D eigenvalue weighted by Crippen LogP contribution is -2.11. The molecule has 0 aromatic rings. The quantitative estimate of drug-likeness (QED) is 0.0832. The summed E-state index contributed by atoms with van der Waals surface area (Å²) in [5, 5.41) is 0. The third-order valence-corrected chi connectivity index (χ3v) is 4.60. The van der Waals surface area contributed by atoms with Crippen molar-refractivity contribution in [3.8, 4) is 0 Å². The number of hydrogen-bond acceptors (Lipinski definition) is 9. The number of hydrogen-bond donors (Lipinski definition) is 2. The van der Waals surface area contributed by atoms with Gasteiger partial charge in [-0.15, -0.1) is 0 Å². The number of phosphoric acid groups is 2. The van der Waals surface area contributed by atoms with Crippen molar-refractivity contribution < 1.29 is 51.6 Å². The fourth-order valence-corrected chi connectivity index (χ4v) is 3.01. The highest BCUT2D eigenvalue weighted by atomic mass is 31.3. The topological polar surface area (TPSA) is 147 Å². The van der Waals surface area contributed by atoms with Gasteiger partial charge in [0.2, 0.25) is 0 Å². The van der Waals surface area contributed by atoms with E-state index in [-0.39, 0.29) is 25.4 Å². The molecule has 0 aliphatic rings. The van der Waals surface area contributed by atoms with Crippen molar-refractivity contribution in [2.45, 2.75) is 13.8 Å². The van der Waals surface area contributed by atoms with Crippen molar-refractivity contribution in [2.24, 2.45) is 0 Å². The maximum Gasteiger partial charge on any atom is 0.481 e. The van der Waals surface area contributed by atoms with Crippen LogP contribution in [0.5, 0.6) is 0 Å². The van der Waals surface area contributed by atoms with Crippen LogP contribution in [0, 0.1) is 0 Å². The predicted molar refractivity (Wildman–Crippen MR) is 85.1 cm³/mol. The highest BCUT2D eigenvalue weighted by Gasteiger charge is 2.35. The summed E-state index contributed by atoms with van der Waals surface area (Å²) >= 11 is 0. The van der Waals surface area contributed by atoms with E-state index in [9.17, 15) is 23.7 Å². The summed E-state index contributed by atoms with van der Waals surface area (Å²) in [4.78, 5) is 38.9. The minimum atomic E-state index is -4.91. The third kappa shape index (κ3) is 14.0. The van der Waals surface area contributed by atoms with Crippen LogP contribution in [0.25, 0.3) is 0 Å². The summed E-state index contributed by atoms with van der Waals surface area (Å²) in [5.41, 5.74) is 0.829. The van der Waals surface area contributed by atoms with Crippen LogP contribution in [0.2, 0.25) is 0 Å². The molecule has 0 spiro atoms. The number of rotatable bonds is 14. The van der Waals surface area contributed by atoms with E-state index in [2.05, 4.69) is 41.0 Å². The number of ether oxygens (including phenoxy) is 1. The van der Waals surface area contributed by atoms with Gasteiger partial charge < -0.3 is 14.5 Å². The normalized spacial score (nSPS) is 15.8. The highest BCUT2D eigenvalue weighted by molar-refractivity contribution is 7.61. The van der Waals surface area contributed by atoms with Gasteiger partial charge in [0.15, 0.2) is 0 Å². The minimum absolute atomic E-state index is 0.128. The van der Waals surface area contributed by atoms with E-state index in [0.29, 0.717) is 5.57 Å². The van der Waals surface area contributed by atoms with Crippen LogP contribution in [0.1, 0.15) is 13.8 Å². The number of carbonyl (C=O) groups is 1. The van der Waals surface area contributed by atoms with Crippen LogP contribution >= 0.6 is 15.6 Å². The van der Waals surface area contributed by atoms with Gasteiger partial charge in [0.1, 0.15) is 19.8 Å². The molecule has 0 aromatic carbocycles. The molecule has 0 amide bonds. The summed E-state index contributed by atoms with van der Waals surface area (Å²) < 4.78 is 40.4. The summed E-state index contributed by atoms with van der Waals surface area (Å²) in [6.45, 7) is 8.50. The van der Waals surface area contributed by atoms with Crippen molar-refractivity contribution in [3.63, 3.8) is 0 Å². The van der Waals surface area contributed by atoms with Gasteiger partial charge in [0, 0.05) is 5.57 Å². The molecular formula is C12H22O11P2. The highest BCUT2D eigenvalue weighted by Crippen LogP contribution is 2.60. The van der Waals surface area contributed by atoms with Gasteiger partial charge in [0.05, 0.1) is 13.2 Å². The Balaban J connectivity index is 4.05. The maximum absolute atomic E-state index is 11.5. The second kappa shape index (κ2) is 11.7. The zero-order valence-corrected chi connectivity index (χ0v) is 15.7. The SMILES string of the molecule is C=C(C)COOCCOP(=O)(O)OP(=O)(O)OCCOC(=O)C(=C)C. The average molecular weight is 404 g/mol. The smallest absolute Gasteiger partial charge is 0.460 e. The van der Waals surface area contributed by atoms with Crippen LogP contribution in [0.3, 0.4) is 0 Å². The van der Waals surface area contributed by atoms with Gasteiger partial charge in [-0.05, 0) is 13.8 Å². The van der Waals surface area contributed by atoms with Crippen molar-refractivity contribution in [2.75, 3.05) is 33.0 Å². The van der Waals surface area contributed by atoms with Gasteiger partial charge in [-0.1, -0.05) is 18.7 Å². The molecular weight excluding hydrogens is 382 g/mol. The Labute approximate surface area is 145 Å². The van der Waals surface area contributed by atoms with Gasteiger partial charge in [0.25, 0.3) is 0 Å². The first-order valence-corrected chi connectivity index (χ1v) is 9.82. The van der Waals surface area contributed by atoms with Crippen molar-refractivity contribution in [1.82, 2.24) is 0 Å². The van der Waals surface area contributed by atoms with Crippen LogP contribution in [0.15, 0.2) is 24.3 Å². The summed E-state index contributed by atoms with van der Waals surface area (Å²) in [6.07, 6.45) is 0. The molecule has 0 aromatic heterocycles. The first kappa shape index (κ1) is 24.1. The molecule has 2 N–H and O–H groups in total. The lowest BCUT2D eigenvalue weighted by molar-refractivity contribution is -0.290. The Hall–Kier alpha value is -0.870. The lowest BCUT2D eigenvalue weighted by atomic mass is 10.4. The largest absolute Gasteiger partial charge is 0.481 e. The first-order chi connectivity index (χ1) is 11.5. The molecule has 0 heterocycles. The van der Waals surface area contributed by atoms with Gasteiger partial charge >= 0.3 is 21.6 Å². The number of esters is 1. The molecule has 0 saturated heterocycles. The Morgan fingerprint density at radius 3 is 1.92 bits per heavy atom. The van der Waals surface area contributed by atoms with Crippen molar-refractivity contribution in [1.29, 1.82) is 0 Å². The molecule has 0 bridgehead atoms. The van der Waals surface area contributed by atoms with Crippen molar-refractivity contribution >= 4 is 21.6 Å². The van der Waals surface area contributed by atoms with Gasteiger partial charge in [-0.25, -0.2) is 23.7 Å². The molecule has 25 heavy (non-hydrogen) atoms. The van der Waals surface area contributed by atoms with Crippen LogP contribution in [-0.4, -0.2) is 48.8 Å². The third-order valence-electron chi connectivity index (χ3n) is 1.94. The van der Waals surface area contributed by atoms with E-state index in [4.69, 9.17) is 0 Å². The fraction of sp³-hybridized carbons (Fsp3) is 0.583. The predicted octanol–water partition coefficient (Wildman–Crippen LogP) is 1.88. The van der Waals surface area contributed by atoms with E-state index in [1.54, 1.807) is 6.92 Å². The molecule has 11 nitrogen and oxygen atoms in total. The zero-order valence-electron chi connectivity index (χ0n) is 13.9. The number of phosphoric ester groups is 2. The second-order valence-electron chi connectivity index (χ2n) is 4.64. The van der Waals surface area contributed by atoms with Gasteiger partial charge in [-0.3, -0.25) is 9.05 Å². The molecule has 0 rings (SSSR count). The van der Waals surface area contributed by atoms with Crippen LogP contribution < -0.4 is 0 Å². The van der Waals surface area contributed by atoms with Crippen LogP contribution in [-0.2, 0) is 41.8 Å². The molecule has 0 aliphatic carbocycles. The summed E-state index contributed by atoms with van der Waals surface area (Å²) in [7, 11) is -9.79. The zero-order chi connectivity index (χ0) is 19.5. The van der Waals surface area contributed by atoms with E-state index in [1.807, 2.05) is 0 Å². The Morgan fingerprint density at radius 2 is 1.44 bits per heavy atom. The molecule has 0 saturated carbocycles. The molecule has 2 unspecified atom stereocenters. The monoisotopic (exact) mass is 404 g/mol. The first-order valence-electron chi connectivity index (χ1n) is 6.82. The van der Waals surface area contributed by atoms with Crippen molar-refractivity contribution in [3.05, 3.63) is 24.3 Å². The Morgan fingerprint density at radius 1 is 0.920 bits per heavy atom. The minimum Gasteiger partial charge on any atom is -0.460 e. The standard InChI is InChI=1S/C12H22O11P2/c1-10(2)9-20-19-6-8-22-25(16,17)23-24(14,15)21-7-5-18-12(13)11(3)4/h1,3,5-9H2,2,4H3,(H,14,15)(H,16,17). The number of carbonyl (C=O) groups excluding carboxylic acids is 1. The second-order valence-corrected chi connectivity index (χ2v) is 7.69. The fourth-order valence-electron chi connectivity index (χ4n) is 0.976. The molecule has 2 atom stereocenters. The van der Waals surface area contributed by atoms with E-state index < -0.39 is 34.8 Å². The molecule has 146 valence electrons. The molecule has 0 fully saturated rings. The summed E-state index contributed by atoms with van der Waals surface area (Å²) in [6, 6.07) is 0. The molecule has 0 radical (unpaired) electrons. The molecule has 0 aliphatic heterocycles. The average Bonchev–Trinajstić information content (AvgIpc) is 2.45. The Bertz CT molecular complexity index is 559. The van der Waals surface area contributed by atoms with Crippen LogP contribution in [0.4, 0.5) is 0 Å². The maximum atomic E-state index is 11.5. The lowest BCUT2D eigenvalue weighted by Gasteiger charge is -2.16. The molecule has 13 heteroatoms. The summed E-state index contributed by atoms with van der Waals surface area (Å²) in [5.74, 6) is -0.720. The van der Waals surface area contributed by atoms with Gasteiger partial charge in [-0.2, -0.15) is 4.31 Å². The van der Waals surface area contributed by atoms with E-state index >= 15 is 0 Å². The van der Waals surface area contributed by atoms with E-state index in [0.717, 1.165) is 0 Å². The Kier molecular flexibility index (Phi) is 11.3. The van der Waals surface area contributed by atoms with E-state index in [1.165, 1.54) is 6.92 Å².